The lowest BCUT2D eigenvalue weighted by molar-refractivity contribution is -0.192. The number of hydrogen-bond donors (Lipinski definition) is 3. The average molecular weight is 491 g/mol. The molecule has 15 heteroatoms. The Kier molecular flexibility index (Phi) is 6.80. The maximum absolute atomic E-state index is 12.4. The van der Waals surface area contributed by atoms with Gasteiger partial charge in [-0.1, -0.05) is 41.7 Å². The fourth-order valence-corrected chi connectivity index (χ4v) is 4.79. The van der Waals surface area contributed by atoms with Gasteiger partial charge in [-0.15, -0.1) is 5.10 Å². The molecule has 3 heterocycles. The van der Waals surface area contributed by atoms with Crippen LogP contribution in [0.4, 0.5) is 13.2 Å². The number of carbonyl (C=O) groups is 2. The van der Waals surface area contributed by atoms with Crippen LogP contribution >= 0.6 is 11.3 Å². The van der Waals surface area contributed by atoms with Crippen molar-refractivity contribution in [2.75, 3.05) is 6.54 Å². The second-order valence-corrected chi connectivity index (χ2v) is 9.32. The molecule has 0 radical (unpaired) electrons. The van der Waals surface area contributed by atoms with Crippen LogP contribution in [0.1, 0.15) is 12.8 Å². The van der Waals surface area contributed by atoms with Gasteiger partial charge in [0.1, 0.15) is 0 Å². The third-order valence-electron chi connectivity index (χ3n) is 4.18. The van der Waals surface area contributed by atoms with E-state index in [0.29, 0.717) is 23.6 Å². The summed E-state index contributed by atoms with van der Waals surface area (Å²) in [6, 6.07) is 9.07. The lowest BCUT2D eigenvalue weighted by Gasteiger charge is -2.09. The van der Waals surface area contributed by atoms with Crippen molar-refractivity contribution in [3.8, 4) is 11.3 Å². The van der Waals surface area contributed by atoms with Gasteiger partial charge in [0.2, 0.25) is 4.96 Å². The summed E-state index contributed by atoms with van der Waals surface area (Å²) < 4.78 is 59.8. The number of alkyl halides is 3. The Labute approximate surface area is 183 Å². The Morgan fingerprint density at radius 1 is 1.25 bits per heavy atom. The number of amides is 1. The largest absolute Gasteiger partial charge is 0.490 e. The van der Waals surface area contributed by atoms with Gasteiger partial charge in [-0.2, -0.15) is 21.6 Å². The number of carboxylic acid groups (broad SMARTS) is 1. The van der Waals surface area contributed by atoms with Crippen LogP contribution in [-0.4, -0.2) is 58.8 Å². The van der Waals surface area contributed by atoms with E-state index < -0.39 is 34.1 Å². The van der Waals surface area contributed by atoms with E-state index in [4.69, 9.17) is 9.90 Å². The number of fused-ring (bicyclic) bond motifs is 1. The minimum absolute atomic E-state index is 0.180. The standard InChI is InChI=1S/C15H15N5O3S2.C2HF3O2/c21-13(11-7-4-8-16-11)19-25(22,23)15-18-20-9-12(17-14(20)24-15)10-5-2-1-3-6-10;3-2(4,5)1(6)7/h1-3,5-6,9,11,16H,4,7-8H2,(H,19,21);(H,6,7). The van der Waals surface area contributed by atoms with Crippen molar-refractivity contribution in [2.24, 2.45) is 0 Å². The van der Waals surface area contributed by atoms with Crippen LogP contribution in [0.5, 0.6) is 0 Å². The monoisotopic (exact) mass is 491 g/mol. The van der Waals surface area contributed by atoms with E-state index in [9.17, 15) is 26.4 Å². The number of imidazole rings is 1. The molecule has 1 fully saturated rings. The van der Waals surface area contributed by atoms with E-state index in [-0.39, 0.29) is 4.34 Å². The number of carboxylic acids is 1. The number of nitrogens with zero attached hydrogens (tertiary/aromatic N) is 3. The number of nitrogens with one attached hydrogen (secondary N) is 2. The highest BCUT2D eigenvalue weighted by molar-refractivity contribution is 7.92. The van der Waals surface area contributed by atoms with Gasteiger partial charge in [0.15, 0.2) is 0 Å². The Balaban J connectivity index is 0.000000360. The maximum atomic E-state index is 12.4. The van der Waals surface area contributed by atoms with Gasteiger partial charge in [0.25, 0.3) is 20.3 Å². The van der Waals surface area contributed by atoms with Gasteiger partial charge in [-0.3, -0.25) is 4.79 Å². The van der Waals surface area contributed by atoms with Gasteiger partial charge in [-0.05, 0) is 19.4 Å². The molecule has 1 amide bonds. The van der Waals surface area contributed by atoms with Crippen LogP contribution in [0.15, 0.2) is 40.9 Å². The molecule has 1 saturated heterocycles. The molecule has 1 aromatic carbocycles. The number of carbonyl (C=O) groups excluding carboxylic acids is 1. The number of hydrogen-bond acceptors (Lipinski definition) is 8. The molecule has 1 atom stereocenters. The van der Waals surface area contributed by atoms with E-state index in [1.165, 1.54) is 4.52 Å². The first-order chi connectivity index (χ1) is 15.0. The molecule has 0 spiro atoms. The van der Waals surface area contributed by atoms with Crippen molar-refractivity contribution in [3.05, 3.63) is 36.5 Å². The molecule has 0 aliphatic carbocycles. The van der Waals surface area contributed by atoms with E-state index in [1.54, 1.807) is 6.20 Å². The first kappa shape index (κ1) is 23.6. The molecule has 1 aliphatic heterocycles. The van der Waals surface area contributed by atoms with Gasteiger partial charge < -0.3 is 10.4 Å². The Hall–Kier alpha value is -3.04. The van der Waals surface area contributed by atoms with Crippen molar-refractivity contribution >= 4 is 38.2 Å². The third kappa shape index (κ3) is 5.60. The molecule has 10 nitrogen and oxygen atoms in total. The van der Waals surface area contributed by atoms with Crippen molar-refractivity contribution in [2.45, 2.75) is 29.4 Å². The zero-order chi connectivity index (χ0) is 23.5. The molecular weight excluding hydrogens is 475 g/mol. The van der Waals surface area contributed by atoms with Crippen molar-refractivity contribution < 1.29 is 36.3 Å². The first-order valence-electron chi connectivity index (χ1n) is 8.99. The molecule has 2 aromatic heterocycles. The van der Waals surface area contributed by atoms with E-state index >= 15 is 0 Å². The van der Waals surface area contributed by atoms with Crippen molar-refractivity contribution in [1.82, 2.24) is 24.6 Å². The summed E-state index contributed by atoms with van der Waals surface area (Å²) in [5.41, 5.74) is 1.63. The highest BCUT2D eigenvalue weighted by atomic mass is 32.2. The number of aliphatic carboxylic acids is 1. The van der Waals surface area contributed by atoms with Gasteiger partial charge >= 0.3 is 12.1 Å². The zero-order valence-corrected chi connectivity index (χ0v) is 17.7. The fourth-order valence-electron chi connectivity index (χ4n) is 2.69. The number of halogens is 3. The number of sulfonamides is 1. The van der Waals surface area contributed by atoms with E-state index in [1.807, 2.05) is 30.3 Å². The summed E-state index contributed by atoms with van der Waals surface area (Å²) in [4.78, 5) is 25.8. The molecule has 3 aromatic rings. The van der Waals surface area contributed by atoms with Crippen molar-refractivity contribution in [1.29, 1.82) is 0 Å². The second kappa shape index (κ2) is 9.22. The first-order valence-corrected chi connectivity index (χ1v) is 11.3. The van der Waals surface area contributed by atoms with Gasteiger partial charge in [0, 0.05) is 5.56 Å². The fraction of sp³-hybridized carbons (Fsp3) is 0.294. The highest BCUT2D eigenvalue weighted by Gasteiger charge is 2.38. The Morgan fingerprint density at radius 3 is 2.44 bits per heavy atom. The summed E-state index contributed by atoms with van der Waals surface area (Å²) >= 11 is 0.922. The quantitative estimate of drug-likeness (QED) is 0.500. The molecule has 4 rings (SSSR count). The van der Waals surface area contributed by atoms with Crippen LogP contribution in [0.3, 0.4) is 0 Å². The third-order valence-corrected chi connectivity index (χ3v) is 6.82. The van der Waals surface area contributed by atoms with E-state index in [0.717, 1.165) is 23.3 Å². The normalized spacial score (nSPS) is 16.4. The summed E-state index contributed by atoms with van der Waals surface area (Å²) in [5.74, 6) is -3.30. The molecular formula is C17H16F3N5O5S2. The molecule has 1 aliphatic rings. The lowest BCUT2D eigenvalue weighted by Crippen LogP contribution is -2.43. The van der Waals surface area contributed by atoms with Crippen LogP contribution in [0.2, 0.25) is 0 Å². The second-order valence-electron chi connectivity index (χ2n) is 6.51. The molecule has 32 heavy (non-hydrogen) atoms. The van der Waals surface area contributed by atoms with Gasteiger partial charge in [-0.25, -0.2) is 19.0 Å². The number of rotatable bonds is 4. The predicted octanol–water partition coefficient (Wildman–Crippen LogP) is 1.65. The van der Waals surface area contributed by atoms with Crippen LogP contribution < -0.4 is 10.0 Å². The summed E-state index contributed by atoms with van der Waals surface area (Å²) in [6.07, 6.45) is -1.94. The highest BCUT2D eigenvalue weighted by Crippen LogP contribution is 2.24. The van der Waals surface area contributed by atoms with Crippen LogP contribution in [-0.2, 0) is 19.6 Å². The molecule has 172 valence electrons. The predicted molar refractivity (Wildman–Crippen MR) is 106 cm³/mol. The maximum Gasteiger partial charge on any atom is 0.490 e. The Morgan fingerprint density at radius 2 is 1.91 bits per heavy atom. The van der Waals surface area contributed by atoms with Crippen molar-refractivity contribution in [3.63, 3.8) is 0 Å². The topological polar surface area (TPSA) is 143 Å². The zero-order valence-electron chi connectivity index (χ0n) is 16.0. The molecule has 0 bridgehead atoms. The summed E-state index contributed by atoms with van der Waals surface area (Å²) in [7, 11) is -4.00. The minimum Gasteiger partial charge on any atom is -0.475 e. The van der Waals surface area contributed by atoms with Crippen LogP contribution in [0, 0.1) is 0 Å². The summed E-state index contributed by atoms with van der Waals surface area (Å²) in [6.45, 7) is 0.714. The minimum atomic E-state index is -5.08. The Bertz CT molecular complexity index is 1190. The van der Waals surface area contributed by atoms with E-state index in [2.05, 4.69) is 20.1 Å². The molecule has 0 saturated carbocycles. The lowest BCUT2D eigenvalue weighted by atomic mass is 10.2. The molecule has 3 N–H and O–H groups in total. The average Bonchev–Trinajstić information content (AvgIpc) is 3.44. The smallest absolute Gasteiger partial charge is 0.475 e. The van der Waals surface area contributed by atoms with Gasteiger partial charge in [0.05, 0.1) is 17.9 Å². The number of aromatic nitrogens is 3. The SMILES string of the molecule is O=C(NS(=O)(=O)c1nn2cc(-c3ccccc3)nc2s1)C1CCCN1.O=C(O)C(F)(F)F. The summed E-state index contributed by atoms with van der Waals surface area (Å²) in [5, 5.41) is 14.2. The number of benzene rings is 1. The molecule has 1 unspecified atom stereocenters. The van der Waals surface area contributed by atoms with Crippen LogP contribution in [0.25, 0.3) is 16.2 Å².